The predicted molar refractivity (Wildman–Crippen MR) is 68.7 cm³/mol. The molecule has 0 aliphatic heterocycles. The minimum atomic E-state index is -0.129. The highest BCUT2D eigenvalue weighted by atomic mass is 16.1. The summed E-state index contributed by atoms with van der Waals surface area (Å²) >= 11 is 0. The zero-order valence-corrected chi connectivity index (χ0v) is 9.68. The normalized spacial score (nSPS) is 13.3. The zero-order valence-electron chi connectivity index (χ0n) is 9.68. The first kappa shape index (κ1) is 9.65. The summed E-state index contributed by atoms with van der Waals surface area (Å²) in [5.41, 5.74) is 4.85. The first-order chi connectivity index (χ1) is 8.84. The molecule has 0 atom stereocenters. The molecule has 2 aromatic heterocycles. The third-order valence-electron chi connectivity index (χ3n) is 3.58. The molecule has 0 unspecified atom stereocenters. The summed E-state index contributed by atoms with van der Waals surface area (Å²) in [7, 11) is 0. The van der Waals surface area contributed by atoms with Crippen molar-refractivity contribution in [2.75, 3.05) is 0 Å². The molecular formula is C14H11N3O. The summed E-state index contributed by atoms with van der Waals surface area (Å²) in [6, 6.07) is 8.22. The Morgan fingerprint density at radius 1 is 1.22 bits per heavy atom. The van der Waals surface area contributed by atoms with Crippen LogP contribution in [-0.4, -0.2) is 14.4 Å². The van der Waals surface area contributed by atoms with Crippen molar-refractivity contribution in [3.8, 4) is 11.3 Å². The maximum atomic E-state index is 12.0. The number of nitrogens with one attached hydrogen (secondary N) is 1. The first-order valence-corrected chi connectivity index (χ1v) is 6.01. The fourth-order valence-corrected chi connectivity index (χ4v) is 2.75. The van der Waals surface area contributed by atoms with Crippen LogP contribution in [0.15, 0.2) is 41.5 Å². The molecule has 0 saturated heterocycles. The van der Waals surface area contributed by atoms with E-state index in [0.717, 1.165) is 29.8 Å². The van der Waals surface area contributed by atoms with Gasteiger partial charge < -0.3 is 4.98 Å². The number of aryl methyl sites for hydroxylation is 2. The highest BCUT2D eigenvalue weighted by molar-refractivity contribution is 5.69. The molecular weight excluding hydrogens is 226 g/mol. The van der Waals surface area contributed by atoms with E-state index in [0.29, 0.717) is 5.65 Å². The van der Waals surface area contributed by atoms with Crippen LogP contribution in [0.1, 0.15) is 11.3 Å². The van der Waals surface area contributed by atoms with Crippen LogP contribution in [0, 0.1) is 0 Å². The number of fused-ring (bicyclic) bond motifs is 5. The van der Waals surface area contributed by atoms with E-state index in [-0.39, 0.29) is 5.56 Å². The smallest absolute Gasteiger partial charge is 0.292 e. The number of H-pyrrole nitrogens is 1. The molecule has 2 heterocycles. The van der Waals surface area contributed by atoms with Gasteiger partial charge in [-0.2, -0.15) is 0 Å². The standard InChI is InChI=1S/C14H11N3O/c18-14-13-15-7-8-17(13)11-6-5-9-3-1-2-4-10(9)12(11)16-14/h1-4,7-8H,5-6H2,(H,16,18). The van der Waals surface area contributed by atoms with Crippen molar-refractivity contribution in [3.63, 3.8) is 0 Å². The molecule has 4 rings (SSSR count). The van der Waals surface area contributed by atoms with Crippen LogP contribution >= 0.6 is 0 Å². The van der Waals surface area contributed by atoms with Crippen LogP contribution in [0.25, 0.3) is 16.9 Å². The van der Waals surface area contributed by atoms with E-state index in [1.54, 1.807) is 6.20 Å². The van der Waals surface area contributed by atoms with Gasteiger partial charge in [-0.3, -0.25) is 9.20 Å². The lowest BCUT2D eigenvalue weighted by atomic mass is 9.92. The maximum absolute atomic E-state index is 12.0. The fourth-order valence-electron chi connectivity index (χ4n) is 2.75. The Bertz CT molecular complexity index is 813. The predicted octanol–water partition coefficient (Wildman–Crippen LogP) is 1.79. The van der Waals surface area contributed by atoms with Crippen molar-refractivity contribution in [1.82, 2.24) is 14.4 Å². The molecule has 0 fully saturated rings. The number of hydrogen-bond donors (Lipinski definition) is 1. The molecule has 1 aliphatic rings. The van der Waals surface area contributed by atoms with Gasteiger partial charge in [-0.25, -0.2) is 4.98 Å². The van der Waals surface area contributed by atoms with Gasteiger partial charge >= 0.3 is 0 Å². The number of aromatic nitrogens is 3. The monoisotopic (exact) mass is 237 g/mol. The Labute approximate surface area is 103 Å². The van der Waals surface area contributed by atoms with Crippen LogP contribution in [0.5, 0.6) is 0 Å². The van der Waals surface area contributed by atoms with Crippen LogP contribution in [0.3, 0.4) is 0 Å². The second-order valence-electron chi connectivity index (χ2n) is 4.55. The van der Waals surface area contributed by atoms with Gasteiger partial charge in [-0.15, -0.1) is 0 Å². The van der Waals surface area contributed by atoms with Crippen molar-refractivity contribution in [2.24, 2.45) is 0 Å². The van der Waals surface area contributed by atoms with Gasteiger partial charge in [0.15, 0.2) is 0 Å². The Kier molecular flexibility index (Phi) is 1.78. The summed E-state index contributed by atoms with van der Waals surface area (Å²) in [5.74, 6) is 0. The number of aromatic amines is 1. The molecule has 1 aromatic carbocycles. The Balaban J connectivity index is 2.16. The van der Waals surface area contributed by atoms with E-state index in [4.69, 9.17) is 0 Å². The SMILES string of the molecule is O=c1[nH]c2c(n3ccnc13)CCc1ccccc1-2. The summed E-state index contributed by atoms with van der Waals surface area (Å²) in [6.07, 6.45) is 5.46. The van der Waals surface area contributed by atoms with Crippen LogP contribution in [0.2, 0.25) is 0 Å². The molecule has 4 heteroatoms. The molecule has 0 spiro atoms. The van der Waals surface area contributed by atoms with Gasteiger partial charge in [0.05, 0.1) is 5.69 Å². The minimum Gasteiger partial charge on any atom is -0.317 e. The highest BCUT2D eigenvalue weighted by Crippen LogP contribution is 2.30. The lowest BCUT2D eigenvalue weighted by Crippen LogP contribution is -2.19. The maximum Gasteiger partial charge on any atom is 0.292 e. The minimum absolute atomic E-state index is 0.129. The average molecular weight is 237 g/mol. The lowest BCUT2D eigenvalue weighted by molar-refractivity contribution is 0.849. The van der Waals surface area contributed by atoms with Crippen molar-refractivity contribution in [2.45, 2.75) is 12.8 Å². The molecule has 0 saturated carbocycles. The molecule has 88 valence electrons. The number of rotatable bonds is 0. The van der Waals surface area contributed by atoms with E-state index in [1.165, 1.54) is 5.56 Å². The van der Waals surface area contributed by atoms with Gasteiger partial charge in [0.25, 0.3) is 5.56 Å². The van der Waals surface area contributed by atoms with Gasteiger partial charge in [0.1, 0.15) is 0 Å². The van der Waals surface area contributed by atoms with E-state index in [1.807, 2.05) is 22.7 Å². The van der Waals surface area contributed by atoms with Gasteiger partial charge in [0.2, 0.25) is 5.65 Å². The lowest BCUT2D eigenvalue weighted by Gasteiger charge is -2.20. The van der Waals surface area contributed by atoms with E-state index in [2.05, 4.69) is 22.1 Å². The summed E-state index contributed by atoms with van der Waals surface area (Å²) in [5, 5.41) is 0. The zero-order chi connectivity index (χ0) is 12.1. The molecule has 1 N–H and O–H groups in total. The van der Waals surface area contributed by atoms with Gasteiger partial charge in [-0.1, -0.05) is 24.3 Å². The van der Waals surface area contributed by atoms with Crippen molar-refractivity contribution in [3.05, 3.63) is 58.3 Å². The third-order valence-corrected chi connectivity index (χ3v) is 3.58. The Hall–Kier alpha value is -2.36. The Morgan fingerprint density at radius 2 is 2.11 bits per heavy atom. The van der Waals surface area contributed by atoms with Crippen LogP contribution < -0.4 is 5.56 Å². The third kappa shape index (κ3) is 1.14. The highest BCUT2D eigenvalue weighted by Gasteiger charge is 2.19. The van der Waals surface area contributed by atoms with E-state index >= 15 is 0 Å². The summed E-state index contributed by atoms with van der Waals surface area (Å²) in [4.78, 5) is 19.1. The molecule has 0 amide bonds. The fraction of sp³-hybridized carbons (Fsp3) is 0.143. The summed E-state index contributed by atoms with van der Waals surface area (Å²) < 4.78 is 1.91. The summed E-state index contributed by atoms with van der Waals surface area (Å²) in [6.45, 7) is 0. The Morgan fingerprint density at radius 3 is 3.06 bits per heavy atom. The molecule has 0 radical (unpaired) electrons. The molecule has 1 aliphatic carbocycles. The number of nitrogens with zero attached hydrogens (tertiary/aromatic N) is 2. The van der Waals surface area contributed by atoms with Crippen LogP contribution in [-0.2, 0) is 12.8 Å². The topological polar surface area (TPSA) is 50.2 Å². The van der Waals surface area contributed by atoms with Crippen molar-refractivity contribution in [1.29, 1.82) is 0 Å². The van der Waals surface area contributed by atoms with Gasteiger partial charge in [-0.05, 0) is 18.4 Å². The largest absolute Gasteiger partial charge is 0.317 e. The quantitative estimate of drug-likeness (QED) is 0.648. The molecule has 0 bridgehead atoms. The van der Waals surface area contributed by atoms with Crippen molar-refractivity contribution >= 4 is 5.65 Å². The second-order valence-corrected chi connectivity index (χ2v) is 4.55. The van der Waals surface area contributed by atoms with E-state index < -0.39 is 0 Å². The van der Waals surface area contributed by atoms with E-state index in [9.17, 15) is 4.79 Å². The number of hydrogen-bond acceptors (Lipinski definition) is 2. The molecule has 18 heavy (non-hydrogen) atoms. The van der Waals surface area contributed by atoms with Crippen LogP contribution in [0.4, 0.5) is 0 Å². The molecule has 3 aromatic rings. The van der Waals surface area contributed by atoms with Gasteiger partial charge in [0, 0.05) is 23.7 Å². The second kappa shape index (κ2) is 3.32. The number of benzene rings is 1. The van der Waals surface area contributed by atoms with Crippen molar-refractivity contribution < 1.29 is 0 Å². The first-order valence-electron chi connectivity index (χ1n) is 6.01. The number of imidazole rings is 1. The average Bonchev–Trinajstić information content (AvgIpc) is 2.89. The molecule has 4 nitrogen and oxygen atoms in total.